The van der Waals surface area contributed by atoms with Gasteiger partial charge in [0.25, 0.3) is 0 Å². The van der Waals surface area contributed by atoms with Crippen LogP contribution in [0, 0.1) is 0 Å². The van der Waals surface area contributed by atoms with E-state index in [-0.39, 0.29) is 6.17 Å². The molecule has 2 unspecified atom stereocenters. The zero-order chi connectivity index (χ0) is 11.0. The summed E-state index contributed by atoms with van der Waals surface area (Å²) in [6, 6.07) is 0. The molecule has 1 saturated heterocycles. The average Bonchev–Trinajstić information content (AvgIpc) is 2.90. The van der Waals surface area contributed by atoms with Crippen molar-refractivity contribution in [3.8, 4) is 0 Å². The van der Waals surface area contributed by atoms with Crippen molar-refractivity contribution in [3.05, 3.63) is 11.6 Å². The molecule has 4 nitrogen and oxygen atoms in total. The number of rotatable bonds is 2. The molecule has 2 atom stereocenters. The van der Waals surface area contributed by atoms with Crippen molar-refractivity contribution >= 4 is 11.8 Å². The summed E-state index contributed by atoms with van der Waals surface area (Å²) in [7, 11) is 0. The lowest BCUT2D eigenvalue weighted by Crippen LogP contribution is -2.27. The Labute approximate surface area is 100.0 Å². The summed E-state index contributed by atoms with van der Waals surface area (Å²) < 4.78 is 2.18. The molecule has 0 amide bonds. The Hall–Kier alpha value is -0.550. The van der Waals surface area contributed by atoms with Gasteiger partial charge in [-0.15, -0.1) is 10.2 Å². The second kappa shape index (κ2) is 4.37. The van der Waals surface area contributed by atoms with Crippen molar-refractivity contribution in [2.75, 3.05) is 5.75 Å². The highest BCUT2D eigenvalue weighted by Gasteiger charge is 2.25. The summed E-state index contributed by atoms with van der Waals surface area (Å²) in [6.07, 6.45) is 7.09. The van der Waals surface area contributed by atoms with Crippen molar-refractivity contribution < 1.29 is 0 Å². The van der Waals surface area contributed by atoms with Gasteiger partial charge in [0.2, 0.25) is 0 Å². The lowest BCUT2D eigenvalue weighted by atomic mass is 10.1. The normalized spacial score (nSPS) is 29.3. The molecule has 0 aliphatic carbocycles. The second-order valence-electron chi connectivity index (χ2n) is 4.70. The molecule has 0 aromatic carbocycles. The Morgan fingerprint density at radius 3 is 3.06 bits per heavy atom. The van der Waals surface area contributed by atoms with E-state index in [1.54, 1.807) is 0 Å². The average molecular weight is 238 g/mol. The van der Waals surface area contributed by atoms with Crippen LogP contribution in [-0.4, -0.2) is 25.8 Å². The predicted molar refractivity (Wildman–Crippen MR) is 65.4 cm³/mol. The molecule has 0 spiro atoms. The summed E-state index contributed by atoms with van der Waals surface area (Å²) >= 11 is 2.07. The SMILES string of the molecule is NC1CCCc2nnc(CC3CCCS3)n21. The maximum absolute atomic E-state index is 6.14. The molecule has 16 heavy (non-hydrogen) atoms. The predicted octanol–water partition coefficient (Wildman–Crippen LogP) is 1.51. The van der Waals surface area contributed by atoms with E-state index in [0.717, 1.165) is 42.6 Å². The van der Waals surface area contributed by atoms with Gasteiger partial charge in [0.15, 0.2) is 0 Å². The molecule has 0 saturated carbocycles. The van der Waals surface area contributed by atoms with Gasteiger partial charge in [-0.2, -0.15) is 11.8 Å². The number of hydrogen-bond acceptors (Lipinski definition) is 4. The Morgan fingerprint density at radius 2 is 2.25 bits per heavy atom. The molecule has 3 rings (SSSR count). The number of fused-ring (bicyclic) bond motifs is 1. The van der Waals surface area contributed by atoms with Crippen molar-refractivity contribution in [1.29, 1.82) is 0 Å². The largest absolute Gasteiger partial charge is 0.311 e. The van der Waals surface area contributed by atoms with E-state index in [9.17, 15) is 0 Å². The molecular formula is C11H18N4S. The second-order valence-corrected chi connectivity index (χ2v) is 6.11. The van der Waals surface area contributed by atoms with Crippen molar-refractivity contribution in [3.63, 3.8) is 0 Å². The highest BCUT2D eigenvalue weighted by atomic mass is 32.2. The van der Waals surface area contributed by atoms with E-state index in [2.05, 4.69) is 26.5 Å². The summed E-state index contributed by atoms with van der Waals surface area (Å²) in [5, 5.41) is 9.34. The molecule has 1 aromatic heterocycles. The van der Waals surface area contributed by atoms with Crippen LogP contribution in [0.25, 0.3) is 0 Å². The van der Waals surface area contributed by atoms with E-state index < -0.39 is 0 Å². The standard InChI is InChI=1S/C11H18N4S/c12-9-4-1-5-10-13-14-11(15(9)10)7-8-3-2-6-16-8/h8-9H,1-7,12H2. The Kier molecular flexibility index (Phi) is 2.90. The van der Waals surface area contributed by atoms with Gasteiger partial charge in [-0.05, 0) is 31.4 Å². The fourth-order valence-electron chi connectivity index (χ4n) is 2.66. The van der Waals surface area contributed by atoms with E-state index >= 15 is 0 Å². The maximum atomic E-state index is 6.14. The van der Waals surface area contributed by atoms with Crippen molar-refractivity contribution in [1.82, 2.24) is 14.8 Å². The van der Waals surface area contributed by atoms with Crippen LogP contribution in [0.1, 0.15) is 43.5 Å². The third-order valence-corrected chi connectivity index (χ3v) is 4.90. The van der Waals surface area contributed by atoms with Gasteiger partial charge in [-0.25, -0.2) is 0 Å². The fourth-order valence-corrected chi connectivity index (χ4v) is 3.93. The van der Waals surface area contributed by atoms with E-state index in [1.807, 2.05) is 0 Å². The Bertz CT molecular complexity index is 370. The number of nitrogens with two attached hydrogens (primary N) is 1. The minimum atomic E-state index is 0.111. The molecular weight excluding hydrogens is 220 g/mol. The quantitative estimate of drug-likeness (QED) is 0.848. The zero-order valence-electron chi connectivity index (χ0n) is 9.43. The van der Waals surface area contributed by atoms with Gasteiger partial charge in [-0.3, -0.25) is 4.57 Å². The highest BCUT2D eigenvalue weighted by Crippen LogP contribution is 2.30. The van der Waals surface area contributed by atoms with Gasteiger partial charge in [0, 0.05) is 18.1 Å². The molecule has 0 radical (unpaired) electrons. The van der Waals surface area contributed by atoms with Crippen LogP contribution in [0.5, 0.6) is 0 Å². The van der Waals surface area contributed by atoms with Gasteiger partial charge in [-0.1, -0.05) is 0 Å². The first kappa shape index (κ1) is 10.6. The first-order valence-electron chi connectivity index (χ1n) is 6.14. The molecule has 5 heteroatoms. The topological polar surface area (TPSA) is 56.7 Å². The summed E-state index contributed by atoms with van der Waals surface area (Å²) in [4.78, 5) is 0. The van der Waals surface area contributed by atoms with Crippen LogP contribution in [0.3, 0.4) is 0 Å². The molecule has 2 aliphatic heterocycles. The lowest BCUT2D eigenvalue weighted by molar-refractivity contribution is 0.396. The third-order valence-electron chi connectivity index (χ3n) is 3.50. The fraction of sp³-hybridized carbons (Fsp3) is 0.818. The number of aryl methyl sites for hydroxylation is 1. The van der Waals surface area contributed by atoms with Gasteiger partial charge >= 0.3 is 0 Å². The molecule has 1 fully saturated rings. The van der Waals surface area contributed by atoms with Gasteiger partial charge in [0.05, 0.1) is 6.17 Å². The van der Waals surface area contributed by atoms with E-state index in [0.29, 0.717) is 0 Å². The zero-order valence-corrected chi connectivity index (χ0v) is 10.2. The first-order valence-corrected chi connectivity index (χ1v) is 7.19. The Balaban J connectivity index is 1.81. The van der Waals surface area contributed by atoms with Crippen LogP contribution in [0.2, 0.25) is 0 Å². The van der Waals surface area contributed by atoms with Crippen LogP contribution in [0.4, 0.5) is 0 Å². The van der Waals surface area contributed by atoms with Gasteiger partial charge < -0.3 is 5.73 Å². The molecule has 0 bridgehead atoms. The lowest BCUT2D eigenvalue weighted by Gasteiger charge is -2.22. The number of hydrogen-bond donors (Lipinski definition) is 1. The van der Waals surface area contributed by atoms with Crippen molar-refractivity contribution in [2.24, 2.45) is 5.73 Å². The minimum absolute atomic E-state index is 0.111. The van der Waals surface area contributed by atoms with Gasteiger partial charge in [0.1, 0.15) is 11.6 Å². The minimum Gasteiger partial charge on any atom is -0.311 e. The molecule has 1 aromatic rings. The third kappa shape index (κ3) is 1.86. The monoisotopic (exact) mass is 238 g/mol. The summed E-state index contributed by atoms with van der Waals surface area (Å²) in [5.74, 6) is 3.51. The summed E-state index contributed by atoms with van der Waals surface area (Å²) in [6.45, 7) is 0. The number of thioether (sulfide) groups is 1. The number of aromatic nitrogens is 3. The van der Waals surface area contributed by atoms with Crippen LogP contribution in [-0.2, 0) is 12.8 Å². The van der Waals surface area contributed by atoms with Crippen LogP contribution < -0.4 is 5.73 Å². The number of nitrogens with zero attached hydrogens (tertiary/aromatic N) is 3. The molecule has 88 valence electrons. The molecule has 3 heterocycles. The summed E-state index contributed by atoms with van der Waals surface area (Å²) in [5.41, 5.74) is 6.14. The van der Waals surface area contributed by atoms with Crippen LogP contribution >= 0.6 is 11.8 Å². The molecule has 2 N–H and O–H groups in total. The van der Waals surface area contributed by atoms with Crippen LogP contribution in [0.15, 0.2) is 0 Å². The molecule has 2 aliphatic rings. The maximum Gasteiger partial charge on any atom is 0.135 e. The van der Waals surface area contributed by atoms with E-state index in [1.165, 1.54) is 18.6 Å². The van der Waals surface area contributed by atoms with Crippen molar-refractivity contribution in [2.45, 2.75) is 49.9 Å². The first-order chi connectivity index (χ1) is 7.84. The highest BCUT2D eigenvalue weighted by molar-refractivity contribution is 8.00. The van der Waals surface area contributed by atoms with E-state index in [4.69, 9.17) is 5.73 Å². The Morgan fingerprint density at radius 1 is 1.31 bits per heavy atom. The smallest absolute Gasteiger partial charge is 0.135 e.